The summed E-state index contributed by atoms with van der Waals surface area (Å²) in [5.74, 6) is -0.119. The second kappa shape index (κ2) is 6.32. The molecule has 0 aliphatic carbocycles. The third-order valence-electron chi connectivity index (χ3n) is 3.71. The fraction of sp³-hybridized carbons (Fsp3) is 0.0500. The highest BCUT2D eigenvalue weighted by Crippen LogP contribution is 2.32. The fourth-order valence-corrected chi connectivity index (χ4v) is 2.45. The molecular weight excluding hydrogens is 313 g/mol. The molecule has 1 nitrogen and oxygen atoms in total. The van der Waals surface area contributed by atoms with Gasteiger partial charge >= 0.3 is 6.18 Å². The summed E-state index contributed by atoms with van der Waals surface area (Å²) in [7, 11) is 0. The van der Waals surface area contributed by atoms with Gasteiger partial charge in [0.1, 0.15) is 0 Å². The van der Waals surface area contributed by atoms with Crippen molar-refractivity contribution >= 4 is 5.78 Å². The molecule has 0 aliphatic rings. The number of rotatable bonds is 3. The molecule has 0 N–H and O–H groups in total. The molecule has 0 heterocycles. The van der Waals surface area contributed by atoms with E-state index in [9.17, 15) is 18.0 Å². The van der Waals surface area contributed by atoms with Gasteiger partial charge in [-0.05, 0) is 23.3 Å². The van der Waals surface area contributed by atoms with E-state index in [2.05, 4.69) is 0 Å². The van der Waals surface area contributed by atoms with Crippen LogP contribution < -0.4 is 0 Å². The lowest BCUT2D eigenvalue weighted by molar-refractivity contribution is -0.137. The van der Waals surface area contributed by atoms with Gasteiger partial charge in [-0.15, -0.1) is 0 Å². The summed E-state index contributed by atoms with van der Waals surface area (Å²) in [5, 5.41) is 0. The molecule has 0 saturated carbocycles. The van der Waals surface area contributed by atoms with Crippen LogP contribution >= 0.6 is 0 Å². The van der Waals surface area contributed by atoms with Crippen LogP contribution in [0, 0.1) is 0 Å². The van der Waals surface area contributed by atoms with E-state index in [4.69, 9.17) is 0 Å². The minimum Gasteiger partial charge on any atom is -0.289 e. The van der Waals surface area contributed by atoms with Crippen LogP contribution in [0.3, 0.4) is 0 Å². The molecule has 0 radical (unpaired) electrons. The third kappa shape index (κ3) is 3.38. The topological polar surface area (TPSA) is 17.1 Å². The quantitative estimate of drug-likeness (QED) is 0.572. The Morgan fingerprint density at radius 3 is 1.92 bits per heavy atom. The predicted molar refractivity (Wildman–Crippen MR) is 86.8 cm³/mol. The van der Waals surface area contributed by atoms with Crippen LogP contribution in [0.4, 0.5) is 13.2 Å². The number of carbonyl (C=O) groups is 1. The maximum Gasteiger partial charge on any atom is 0.416 e. The normalized spacial score (nSPS) is 11.3. The molecule has 3 aromatic rings. The molecule has 0 amide bonds. The van der Waals surface area contributed by atoms with Gasteiger partial charge in [0.2, 0.25) is 0 Å². The summed E-state index contributed by atoms with van der Waals surface area (Å²) >= 11 is 0. The van der Waals surface area contributed by atoms with E-state index in [1.54, 1.807) is 54.6 Å². The van der Waals surface area contributed by atoms with Crippen molar-refractivity contribution in [1.29, 1.82) is 0 Å². The largest absolute Gasteiger partial charge is 0.416 e. The third-order valence-corrected chi connectivity index (χ3v) is 3.71. The van der Waals surface area contributed by atoms with Gasteiger partial charge < -0.3 is 0 Å². The number of carbonyl (C=O) groups excluding carboxylic acids is 1. The molecule has 0 unspecified atom stereocenters. The second-order valence-electron chi connectivity index (χ2n) is 5.35. The molecule has 0 bridgehead atoms. The SMILES string of the molecule is O=C(c1ccccc1)c1ccc(-c2cccc(C(F)(F)F)c2)cc1. The smallest absolute Gasteiger partial charge is 0.289 e. The van der Waals surface area contributed by atoms with E-state index in [-0.39, 0.29) is 5.78 Å². The van der Waals surface area contributed by atoms with Crippen molar-refractivity contribution < 1.29 is 18.0 Å². The van der Waals surface area contributed by atoms with E-state index in [0.717, 1.165) is 12.1 Å². The van der Waals surface area contributed by atoms with Gasteiger partial charge in [-0.25, -0.2) is 0 Å². The molecule has 0 saturated heterocycles. The minimum absolute atomic E-state index is 0.119. The van der Waals surface area contributed by atoms with Crippen LogP contribution in [0.25, 0.3) is 11.1 Å². The molecule has 3 aromatic carbocycles. The number of halogens is 3. The molecule has 0 fully saturated rings. The zero-order valence-electron chi connectivity index (χ0n) is 12.5. The maximum atomic E-state index is 12.8. The summed E-state index contributed by atoms with van der Waals surface area (Å²) in [6, 6.07) is 20.6. The number of hydrogen-bond acceptors (Lipinski definition) is 1. The monoisotopic (exact) mass is 326 g/mol. The molecule has 0 aromatic heterocycles. The molecule has 0 spiro atoms. The molecule has 0 aliphatic heterocycles. The van der Waals surface area contributed by atoms with Gasteiger partial charge in [-0.1, -0.05) is 66.7 Å². The lowest BCUT2D eigenvalue weighted by atomic mass is 9.98. The molecule has 0 atom stereocenters. The first-order valence-electron chi connectivity index (χ1n) is 7.32. The van der Waals surface area contributed by atoms with Crippen molar-refractivity contribution in [2.24, 2.45) is 0 Å². The maximum absolute atomic E-state index is 12.8. The molecule has 3 rings (SSSR count). The summed E-state index contributed by atoms with van der Waals surface area (Å²) in [5.41, 5.74) is 1.47. The van der Waals surface area contributed by atoms with Crippen LogP contribution in [0.1, 0.15) is 21.5 Å². The van der Waals surface area contributed by atoms with Gasteiger partial charge in [-0.3, -0.25) is 4.79 Å². The Bertz CT molecular complexity index is 850. The number of benzene rings is 3. The lowest BCUT2D eigenvalue weighted by Crippen LogP contribution is -2.04. The van der Waals surface area contributed by atoms with E-state index >= 15 is 0 Å². The van der Waals surface area contributed by atoms with Gasteiger partial charge in [0.15, 0.2) is 5.78 Å². The highest BCUT2D eigenvalue weighted by Gasteiger charge is 2.30. The number of ketones is 1. The van der Waals surface area contributed by atoms with E-state index in [0.29, 0.717) is 22.3 Å². The van der Waals surface area contributed by atoms with Crippen LogP contribution in [0.5, 0.6) is 0 Å². The van der Waals surface area contributed by atoms with Gasteiger partial charge in [0.05, 0.1) is 5.56 Å². The van der Waals surface area contributed by atoms with Crippen molar-refractivity contribution in [2.75, 3.05) is 0 Å². The fourth-order valence-electron chi connectivity index (χ4n) is 2.45. The molecule has 24 heavy (non-hydrogen) atoms. The zero-order chi connectivity index (χ0) is 17.2. The van der Waals surface area contributed by atoms with E-state index in [1.165, 1.54) is 6.07 Å². The highest BCUT2D eigenvalue weighted by atomic mass is 19.4. The molecule has 4 heteroatoms. The number of alkyl halides is 3. The van der Waals surface area contributed by atoms with Crippen molar-refractivity contribution in [3.63, 3.8) is 0 Å². The van der Waals surface area contributed by atoms with E-state index < -0.39 is 11.7 Å². The first-order valence-corrected chi connectivity index (χ1v) is 7.32. The summed E-state index contributed by atoms with van der Waals surface area (Å²) in [6.07, 6.45) is -4.38. The van der Waals surface area contributed by atoms with Crippen molar-refractivity contribution in [1.82, 2.24) is 0 Å². The van der Waals surface area contributed by atoms with Gasteiger partial charge in [0.25, 0.3) is 0 Å². The average Bonchev–Trinajstić information content (AvgIpc) is 2.61. The Morgan fingerprint density at radius 1 is 0.667 bits per heavy atom. The highest BCUT2D eigenvalue weighted by molar-refractivity contribution is 6.09. The van der Waals surface area contributed by atoms with Crippen molar-refractivity contribution in [2.45, 2.75) is 6.18 Å². The Balaban J connectivity index is 1.89. The van der Waals surface area contributed by atoms with Crippen LogP contribution in [-0.4, -0.2) is 5.78 Å². The summed E-state index contributed by atoms with van der Waals surface area (Å²) in [6.45, 7) is 0. The average molecular weight is 326 g/mol. The van der Waals surface area contributed by atoms with E-state index in [1.807, 2.05) is 6.07 Å². The molecular formula is C20H13F3O. The Labute approximate surface area is 137 Å². The standard InChI is InChI=1S/C20H13F3O/c21-20(22,23)18-8-4-7-17(13-18)14-9-11-16(12-10-14)19(24)15-5-2-1-3-6-15/h1-13H. The summed E-state index contributed by atoms with van der Waals surface area (Å²) < 4.78 is 38.4. The van der Waals surface area contributed by atoms with Crippen LogP contribution in [0.2, 0.25) is 0 Å². The summed E-state index contributed by atoms with van der Waals surface area (Å²) in [4.78, 5) is 12.3. The molecule has 120 valence electrons. The number of hydrogen-bond donors (Lipinski definition) is 0. The Morgan fingerprint density at radius 2 is 1.29 bits per heavy atom. The second-order valence-corrected chi connectivity index (χ2v) is 5.35. The Hall–Kier alpha value is -2.88. The zero-order valence-corrected chi connectivity index (χ0v) is 12.5. The van der Waals surface area contributed by atoms with Crippen molar-refractivity contribution in [3.05, 3.63) is 95.6 Å². The minimum atomic E-state index is -4.38. The first kappa shape index (κ1) is 16.0. The first-order chi connectivity index (χ1) is 11.4. The Kier molecular flexibility index (Phi) is 4.21. The van der Waals surface area contributed by atoms with Crippen LogP contribution in [0.15, 0.2) is 78.9 Å². The van der Waals surface area contributed by atoms with Gasteiger partial charge in [-0.2, -0.15) is 13.2 Å². The van der Waals surface area contributed by atoms with Gasteiger partial charge in [0, 0.05) is 11.1 Å². The lowest BCUT2D eigenvalue weighted by Gasteiger charge is -2.09. The van der Waals surface area contributed by atoms with Crippen LogP contribution in [-0.2, 0) is 6.18 Å². The predicted octanol–water partition coefficient (Wildman–Crippen LogP) is 5.60. The van der Waals surface area contributed by atoms with Crippen molar-refractivity contribution in [3.8, 4) is 11.1 Å².